The lowest BCUT2D eigenvalue weighted by atomic mass is 10.1. The molecule has 0 fully saturated rings. The van der Waals surface area contributed by atoms with Crippen LogP contribution in [0.1, 0.15) is 30.4 Å². The van der Waals surface area contributed by atoms with Crippen molar-refractivity contribution in [1.29, 1.82) is 0 Å². The second-order valence-electron chi connectivity index (χ2n) is 6.99. The molecule has 0 radical (unpaired) electrons. The molecule has 0 aliphatic heterocycles. The third kappa shape index (κ3) is 7.53. The van der Waals surface area contributed by atoms with Gasteiger partial charge in [0, 0.05) is 17.9 Å². The maximum absolute atomic E-state index is 12.1. The maximum atomic E-state index is 12.1. The van der Waals surface area contributed by atoms with Crippen molar-refractivity contribution in [2.24, 2.45) is 0 Å². The van der Waals surface area contributed by atoms with Crippen molar-refractivity contribution < 1.29 is 28.5 Å². The molecule has 2 N–H and O–H groups in total. The molecule has 0 aliphatic rings. The van der Waals surface area contributed by atoms with Crippen molar-refractivity contribution in [2.75, 3.05) is 27.9 Å². The molecule has 9 heteroatoms. The summed E-state index contributed by atoms with van der Waals surface area (Å²) in [5, 5.41) is 0.648. The van der Waals surface area contributed by atoms with E-state index in [0.29, 0.717) is 41.7 Å². The number of halogens is 1. The SMILES string of the molecule is COc1cc(CCC(=O)NNC(=O)CCCOc2ccc(Cl)cc2C)cc(OC)c1OC. The van der Waals surface area contributed by atoms with Crippen LogP contribution in [-0.2, 0) is 16.0 Å². The predicted molar refractivity (Wildman–Crippen MR) is 122 cm³/mol. The fourth-order valence-corrected chi connectivity index (χ4v) is 3.22. The van der Waals surface area contributed by atoms with Gasteiger partial charge in [0.05, 0.1) is 27.9 Å². The second-order valence-corrected chi connectivity index (χ2v) is 7.43. The number of carbonyl (C=O) groups is 2. The number of ether oxygens (including phenoxy) is 4. The highest BCUT2D eigenvalue weighted by atomic mass is 35.5. The molecule has 0 spiro atoms. The van der Waals surface area contributed by atoms with Crippen LogP contribution < -0.4 is 29.8 Å². The average molecular weight is 465 g/mol. The minimum Gasteiger partial charge on any atom is -0.493 e. The summed E-state index contributed by atoms with van der Waals surface area (Å²) in [5.41, 5.74) is 6.62. The molecule has 0 atom stereocenters. The van der Waals surface area contributed by atoms with E-state index < -0.39 is 0 Å². The van der Waals surface area contributed by atoms with Crippen molar-refractivity contribution in [1.82, 2.24) is 10.9 Å². The number of rotatable bonds is 11. The van der Waals surface area contributed by atoms with Crippen molar-refractivity contribution in [3.63, 3.8) is 0 Å². The van der Waals surface area contributed by atoms with Gasteiger partial charge in [0.2, 0.25) is 17.6 Å². The number of methoxy groups -OCH3 is 3. The minimum absolute atomic E-state index is 0.178. The molecule has 0 bridgehead atoms. The maximum Gasteiger partial charge on any atom is 0.238 e. The fraction of sp³-hybridized carbons (Fsp3) is 0.391. The lowest BCUT2D eigenvalue weighted by Gasteiger charge is -2.14. The van der Waals surface area contributed by atoms with Crippen LogP contribution in [0.4, 0.5) is 0 Å². The highest BCUT2D eigenvalue weighted by molar-refractivity contribution is 6.30. The Balaban J connectivity index is 1.71. The van der Waals surface area contributed by atoms with Crippen LogP contribution in [0.15, 0.2) is 30.3 Å². The molecule has 0 saturated heterocycles. The molecule has 2 rings (SSSR count). The monoisotopic (exact) mass is 464 g/mol. The first-order valence-corrected chi connectivity index (χ1v) is 10.5. The number of carbonyl (C=O) groups excluding carboxylic acids is 2. The van der Waals surface area contributed by atoms with E-state index in [0.717, 1.165) is 16.9 Å². The van der Waals surface area contributed by atoms with Crippen LogP contribution in [0.25, 0.3) is 0 Å². The third-order valence-corrected chi connectivity index (χ3v) is 4.88. The number of amides is 2. The topological polar surface area (TPSA) is 95.1 Å². The summed E-state index contributed by atoms with van der Waals surface area (Å²) in [4.78, 5) is 24.0. The van der Waals surface area contributed by atoms with Crippen LogP contribution >= 0.6 is 11.6 Å². The fourth-order valence-electron chi connectivity index (χ4n) is 2.99. The normalized spacial score (nSPS) is 10.3. The first-order chi connectivity index (χ1) is 15.4. The highest BCUT2D eigenvalue weighted by Crippen LogP contribution is 2.38. The third-order valence-electron chi connectivity index (χ3n) is 4.65. The molecule has 0 heterocycles. The van der Waals surface area contributed by atoms with E-state index in [1.807, 2.05) is 13.0 Å². The zero-order valence-corrected chi connectivity index (χ0v) is 19.5. The van der Waals surface area contributed by atoms with Crippen LogP contribution in [0, 0.1) is 6.92 Å². The van der Waals surface area contributed by atoms with Gasteiger partial charge in [-0.25, -0.2) is 0 Å². The number of hydrogen-bond acceptors (Lipinski definition) is 6. The molecular formula is C23H29ClN2O6. The summed E-state index contributed by atoms with van der Waals surface area (Å²) in [6, 6.07) is 8.94. The van der Waals surface area contributed by atoms with Crippen molar-refractivity contribution in [3.05, 3.63) is 46.5 Å². The standard InChI is InChI=1S/C23H29ClN2O6/c1-15-12-17(24)8-9-18(15)32-11-5-6-21(27)25-26-22(28)10-7-16-13-19(29-2)23(31-4)20(14-16)30-3/h8-9,12-14H,5-7,10-11H2,1-4H3,(H,25,27)(H,26,28). The van der Waals surface area contributed by atoms with Gasteiger partial charge in [0.15, 0.2) is 11.5 Å². The zero-order valence-electron chi connectivity index (χ0n) is 18.7. The Morgan fingerprint density at radius 2 is 1.50 bits per heavy atom. The van der Waals surface area contributed by atoms with Gasteiger partial charge in [-0.1, -0.05) is 11.6 Å². The van der Waals surface area contributed by atoms with Crippen molar-refractivity contribution in [3.8, 4) is 23.0 Å². The molecule has 174 valence electrons. The largest absolute Gasteiger partial charge is 0.493 e. The van der Waals surface area contributed by atoms with Gasteiger partial charge in [-0.2, -0.15) is 0 Å². The Morgan fingerprint density at radius 1 is 0.875 bits per heavy atom. The van der Waals surface area contributed by atoms with Crippen LogP contribution in [0.5, 0.6) is 23.0 Å². The number of benzene rings is 2. The average Bonchev–Trinajstić information content (AvgIpc) is 2.79. The Labute approximate surface area is 193 Å². The van der Waals surface area contributed by atoms with E-state index in [-0.39, 0.29) is 24.7 Å². The highest BCUT2D eigenvalue weighted by Gasteiger charge is 2.14. The van der Waals surface area contributed by atoms with Gasteiger partial charge >= 0.3 is 0 Å². The Hall–Kier alpha value is -3.13. The predicted octanol–water partition coefficient (Wildman–Crippen LogP) is 3.61. The lowest BCUT2D eigenvalue weighted by molar-refractivity contribution is -0.129. The van der Waals surface area contributed by atoms with Crippen LogP contribution in [-0.4, -0.2) is 39.8 Å². The molecule has 0 aliphatic carbocycles. The van der Waals surface area contributed by atoms with E-state index in [2.05, 4.69) is 10.9 Å². The van der Waals surface area contributed by atoms with E-state index >= 15 is 0 Å². The quantitative estimate of drug-likeness (QED) is 0.389. The summed E-state index contributed by atoms with van der Waals surface area (Å²) in [6.45, 7) is 2.28. The molecule has 0 unspecified atom stereocenters. The molecular weight excluding hydrogens is 436 g/mol. The van der Waals surface area contributed by atoms with Gasteiger partial charge in [-0.3, -0.25) is 20.4 Å². The first kappa shape index (κ1) is 25.1. The number of aryl methyl sites for hydroxylation is 2. The van der Waals surface area contributed by atoms with Gasteiger partial charge < -0.3 is 18.9 Å². The van der Waals surface area contributed by atoms with Gasteiger partial charge in [0.25, 0.3) is 0 Å². The number of hydrazine groups is 1. The lowest BCUT2D eigenvalue weighted by Crippen LogP contribution is -2.41. The molecule has 2 amide bonds. The molecule has 2 aromatic rings. The Morgan fingerprint density at radius 3 is 2.06 bits per heavy atom. The number of hydrogen-bond donors (Lipinski definition) is 2. The van der Waals surface area contributed by atoms with Crippen molar-refractivity contribution in [2.45, 2.75) is 32.6 Å². The smallest absolute Gasteiger partial charge is 0.238 e. The summed E-state index contributed by atoms with van der Waals surface area (Å²) in [5.74, 6) is 1.67. The van der Waals surface area contributed by atoms with Crippen LogP contribution in [0.3, 0.4) is 0 Å². The van der Waals surface area contributed by atoms with Gasteiger partial charge in [-0.05, 0) is 61.2 Å². The van der Waals surface area contributed by atoms with Gasteiger partial charge in [0.1, 0.15) is 5.75 Å². The molecule has 8 nitrogen and oxygen atoms in total. The zero-order chi connectivity index (χ0) is 23.5. The summed E-state index contributed by atoms with van der Waals surface area (Å²) in [7, 11) is 4.59. The van der Waals surface area contributed by atoms with E-state index in [1.165, 1.54) is 21.3 Å². The summed E-state index contributed by atoms with van der Waals surface area (Å²) >= 11 is 5.92. The van der Waals surface area contributed by atoms with E-state index in [9.17, 15) is 9.59 Å². The first-order valence-electron chi connectivity index (χ1n) is 10.1. The number of nitrogens with one attached hydrogen (secondary N) is 2. The van der Waals surface area contributed by atoms with Crippen LogP contribution in [0.2, 0.25) is 5.02 Å². The summed E-state index contributed by atoms with van der Waals surface area (Å²) in [6.07, 6.45) is 1.35. The van der Waals surface area contributed by atoms with Gasteiger partial charge in [-0.15, -0.1) is 0 Å². The summed E-state index contributed by atoms with van der Waals surface area (Å²) < 4.78 is 21.6. The van der Waals surface area contributed by atoms with E-state index in [4.69, 9.17) is 30.5 Å². The Bertz CT molecular complexity index is 910. The van der Waals surface area contributed by atoms with E-state index in [1.54, 1.807) is 24.3 Å². The molecule has 2 aromatic carbocycles. The Kier molecular flexibility index (Phi) is 9.94. The second kappa shape index (κ2) is 12.7. The molecule has 32 heavy (non-hydrogen) atoms. The minimum atomic E-state index is -0.305. The van der Waals surface area contributed by atoms with Crippen molar-refractivity contribution >= 4 is 23.4 Å². The molecule has 0 saturated carbocycles. The molecule has 0 aromatic heterocycles.